The highest BCUT2D eigenvalue weighted by Gasteiger charge is 2.23. The van der Waals surface area contributed by atoms with Gasteiger partial charge in [-0.15, -0.1) is 11.3 Å². The molecule has 0 fully saturated rings. The van der Waals surface area contributed by atoms with Crippen LogP contribution in [0.3, 0.4) is 0 Å². The third-order valence-electron chi connectivity index (χ3n) is 8.47. The molecule has 0 spiro atoms. The molecule has 0 amide bonds. The number of para-hydroxylation sites is 3. The number of nitrogens with zero attached hydrogens (tertiary/aromatic N) is 2. The van der Waals surface area contributed by atoms with Gasteiger partial charge in [0, 0.05) is 60.4 Å². The van der Waals surface area contributed by atoms with Crippen LogP contribution in [0, 0.1) is 0 Å². The van der Waals surface area contributed by atoms with Crippen LogP contribution in [0.25, 0.3) is 20.2 Å². The number of ether oxygens (including phenoxy) is 1. The van der Waals surface area contributed by atoms with Crippen molar-refractivity contribution in [3.8, 4) is 11.5 Å². The minimum Gasteiger partial charge on any atom is -0.455 e. The molecule has 224 valence electrons. The Kier molecular flexibility index (Phi) is 6.92. The molecule has 0 saturated heterocycles. The van der Waals surface area contributed by atoms with Gasteiger partial charge in [-0.25, -0.2) is 0 Å². The smallest absolute Gasteiger partial charge is 0.143 e. The molecule has 5 heteroatoms. The molecule has 0 radical (unpaired) electrons. The molecule has 7 aromatic carbocycles. The summed E-state index contributed by atoms with van der Waals surface area (Å²) in [5, 5.41) is 2.58. The average Bonchev–Trinajstić information content (AvgIpc) is 3.50. The first-order valence-corrected chi connectivity index (χ1v) is 17.2. The van der Waals surface area contributed by atoms with E-state index < -0.39 is 0 Å². The Hall–Kier alpha value is -5.49. The van der Waals surface area contributed by atoms with Crippen LogP contribution in [0.5, 0.6) is 11.5 Å². The molecule has 1 aliphatic rings. The maximum atomic E-state index is 6.62. The van der Waals surface area contributed by atoms with E-state index in [1.165, 1.54) is 20.2 Å². The molecule has 0 N–H and O–H groups in total. The van der Waals surface area contributed by atoms with Crippen molar-refractivity contribution >= 4 is 77.4 Å². The number of fused-ring (bicyclic) bond motifs is 5. The molecule has 0 bridgehead atoms. The summed E-state index contributed by atoms with van der Waals surface area (Å²) in [4.78, 5) is 6.78. The number of hydrogen-bond acceptors (Lipinski definition) is 5. The minimum absolute atomic E-state index is 0.860. The van der Waals surface area contributed by atoms with Crippen molar-refractivity contribution in [3.63, 3.8) is 0 Å². The lowest BCUT2D eigenvalue weighted by molar-refractivity contribution is 0.455. The Bertz CT molecular complexity index is 2330. The van der Waals surface area contributed by atoms with E-state index in [4.69, 9.17) is 4.74 Å². The summed E-state index contributed by atoms with van der Waals surface area (Å²) in [5.41, 5.74) is 6.57. The van der Waals surface area contributed by atoms with Gasteiger partial charge in [0.15, 0.2) is 0 Å². The summed E-state index contributed by atoms with van der Waals surface area (Å²) in [6.45, 7) is 0. The first-order valence-electron chi connectivity index (χ1n) is 15.6. The van der Waals surface area contributed by atoms with E-state index in [0.717, 1.165) is 55.4 Å². The van der Waals surface area contributed by atoms with Gasteiger partial charge in [-0.1, -0.05) is 84.6 Å². The maximum Gasteiger partial charge on any atom is 0.143 e. The fraction of sp³-hybridized carbons (Fsp3) is 0. The molecule has 8 aromatic rings. The van der Waals surface area contributed by atoms with Crippen molar-refractivity contribution in [1.29, 1.82) is 0 Å². The summed E-state index contributed by atoms with van der Waals surface area (Å²) < 4.78 is 9.23. The van der Waals surface area contributed by atoms with E-state index in [1.54, 1.807) is 11.8 Å². The predicted octanol–water partition coefficient (Wildman–Crippen LogP) is 13.3. The van der Waals surface area contributed by atoms with Crippen molar-refractivity contribution in [2.45, 2.75) is 9.79 Å². The SMILES string of the molecule is c1ccc(N(c2ccccc2)c2ccc3c(c2)Oc2ccc(N(c4ccccc4)c4ccc5sc6ccccc6c5c4)cc2S3)cc1. The Balaban J connectivity index is 1.09. The Morgan fingerprint density at radius 3 is 1.60 bits per heavy atom. The number of benzene rings is 7. The maximum absolute atomic E-state index is 6.62. The first-order chi connectivity index (χ1) is 23.3. The second kappa shape index (κ2) is 11.7. The van der Waals surface area contributed by atoms with Crippen LogP contribution >= 0.6 is 23.1 Å². The zero-order valence-corrected chi connectivity index (χ0v) is 26.9. The zero-order chi connectivity index (χ0) is 31.2. The van der Waals surface area contributed by atoms with Gasteiger partial charge < -0.3 is 14.5 Å². The van der Waals surface area contributed by atoms with Crippen LogP contribution in [-0.4, -0.2) is 0 Å². The molecule has 0 unspecified atom stereocenters. The average molecular weight is 641 g/mol. The quantitative estimate of drug-likeness (QED) is 0.180. The number of anilines is 6. The zero-order valence-electron chi connectivity index (χ0n) is 25.3. The van der Waals surface area contributed by atoms with E-state index in [1.807, 2.05) is 23.5 Å². The van der Waals surface area contributed by atoms with E-state index in [-0.39, 0.29) is 0 Å². The molecule has 0 aliphatic carbocycles. The fourth-order valence-electron chi connectivity index (χ4n) is 6.32. The summed E-state index contributed by atoms with van der Waals surface area (Å²) in [6, 6.07) is 60.0. The van der Waals surface area contributed by atoms with Crippen molar-refractivity contribution in [2.75, 3.05) is 9.80 Å². The highest BCUT2D eigenvalue weighted by atomic mass is 32.2. The summed E-state index contributed by atoms with van der Waals surface area (Å²) >= 11 is 3.60. The highest BCUT2D eigenvalue weighted by Crippen LogP contribution is 2.51. The molecule has 1 aliphatic heterocycles. The molecule has 9 rings (SSSR count). The van der Waals surface area contributed by atoms with Crippen molar-refractivity contribution < 1.29 is 4.74 Å². The third-order valence-corrected chi connectivity index (χ3v) is 10.7. The van der Waals surface area contributed by atoms with Crippen LogP contribution in [0.15, 0.2) is 180 Å². The van der Waals surface area contributed by atoms with Crippen molar-refractivity contribution in [3.05, 3.63) is 170 Å². The monoisotopic (exact) mass is 640 g/mol. The van der Waals surface area contributed by atoms with Gasteiger partial charge in [0.25, 0.3) is 0 Å². The molecule has 1 aromatic heterocycles. The van der Waals surface area contributed by atoms with E-state index >= 15 is 0 Å². The fourth-order valence-corrected chi connectivity index (χ4v) is 8.37. The van der Waals surface area contributed by atoms with Gasteiger partial charge in [-0.3, -0.25) is 0 Å². The summed E-state index contributed by atoms with van der Waals surface area (Å²) in [7, 11) is 0. The van der Waals surface area contributed by atoms with Crippen molar-refractivity contribution in [2.24, 2.45) is 0 Å². The Morgan fingerprint density at radius 2 is 0.894 bits per heavy atom. The van der Waals surface area contributed by atoms with Gasteiger partial charge in [0.2, 0.25) is 0 Å². The molecule has 47 heavy (non-hydrogen) atoms. The lowest BCUT2D eigenvalue weighted by Gasteiger charge is -2.29. The topological polar surface area (TPSA) is 15.7 Å². The predicted molar refractivity (Wildman–Crippen MR) is 199 cm³/mol. The normalized spacial score (nSPS) is 11.9. The van der Waals surface area contributed by atoms with Crippen LogP contribution in [0.1, 0.15) is 0 Å². The van der Waals surface area contributed by atoms with Gasteiger partial charge in [-0.2, -0.15) is 0 Å². The van der Waals surface area contributed by atoms with E-state index in [0.29, 0.717) is 0 Å². The van der Waals surface area contributed by atoms with Gasteiger partial charge in [0.05, 0.1) is 9.79 Å². The van der Waals surface area contributed by atoms with Gasteiger partial charge >= 0.3 is 0 Å². The molecule has 0 atom stereocenters. The second-order valence-corrected chi connectivity index (χ2v) is 13.6. The van der Waals surface area contributed by atoms with E-state index in [2.05, 4.69) is 168 Å². The van der Waals surface area contributed by atoms with Crippen molar-refractivity contribution in [1.82, 2.24) is 0 Å². The molecular weight excluding hydrogens is 613 g/mol. The third kappa shape index (κ3) is 5.10. The molecule has 2 heterocycles. The summed E-state index contributed by atoms with van der Waals surface area (Å²) in [5.74, 6) is 1.72. The van der Waals surface area contributed by atoms with Crippen LogP contribution in [0.4, 0.5) is 34.1 Å². The first kappa shape index (κ1) is 27.8. The van der Waals surface area contributed by atoms with Crippen LogP contribution in [0.2, 0.25) is 0 Å². The Morgan fingerprint density at radius 1 is 0.362 bits per heavy atom. The van der Waals surface area contributed by atoms with Gasteiger partial charge in [0.1, 0.15) is 11.5 Å². The van der Waals surface area contributed by atoms with Gasteiger partial charge in [-0.05, 0) is 91.0 Å². The molecule has 0 saturated carbocycles. The Labute approximate surface area is 281 Å². The lowest BCUT2D eigenvalue weighted by Crippen LogP contribution is -2.11. The number of hydrogen-bond donors (Lipinski definition) is 0. The van der Waals surface area contributed by atoms with Crippen LogP contribution < -0.4 is 14.5 Å². The number of thiophene rings is 1. The summed E-state index contributed by atoms with van der Waals surface area (Å²) in [6.07, 6.45) is 0. The molecular formula is C42H28N2OS2. The molecule has 3 nitrogen and oxygen atoms in total. The minimum atomic E-state index is 0.860. The standard InChI is InChI=1S/C42H28N2OS2/c1-4-12-29(13-5-1)43(30-14-6-2-7-15-30)33-22-25-41-38(27-33)45-37-23-20-34(28-42(37)47-41)44(31-16-8-3-9-17-31)32-21-24-40-36(26-32)35-18-10-11-19-39(35)46-40/h1-28H. The van der Waals surface area contributed by atoms with Crippen LogP contribution in [-0.2, 0) is 0 Å². The largest absolute Gasteiger partial charge is 0.455 e. The lowest BCUT2D eigenvalue weighted by atomic mass is 10.1. The highest BCUT2D eigenvalue weighted by molar-refractivity contribution is 7.99. The van der Waals surface area contributed by atoms with E-state index in [9.17, 15) is 0 Å². The second-order valence-electron chi connectivity index (χ2n) is 11.4. The number of rotatable bonds is 6.